The van der Waals surface area contributed by atoms with Crippen LogP contribution in [-0.2, 0) is 14.2 Å². The number of hydrogen-bond donors (Lipinski definition) is 0. The first-order chi connectivity index (χ1) is 7.32. The van der Waals surface area contributed by atoms with Crippen LogP contribution >= 0.6 is 7.37 Å². The molecule has 8 heteroatoms. The summed E-state index contributed by atoms with van der Waals surface area (Å²) in [5, 5.41) is 0. The van der Waals surface area contributed by atoms with Crippen LogP contribution in [0.3, 0.4) is 0 Å². The number of nitrogens with zero attached hydrogens (tertiary/aromatic N) is 2. The van der Waals surface area contributed by atoms with E-state index >= 15 is 0 Å². The summed E-state index contributed by atoms with van der Waals surface area (Å²) in [6.45, 7) is 1.80. The third kappa shape index (κ3) is 5.53. The van der Waals surface area contributed by atoms with E-state index in [4.69, 9.17) is 0 Å². The van der Waals surface area contributed by atoms with E-state index in [0.717, 1.165) is 4.90 Å². The van der Waals surface area contributed by atoms with Crippen molar-refractivity contribution in [3.8, 4) is 0 Å². The minimum Gasteiger partial charge on any atom is -0.797 e. The molecule has 2 amide bonds. The van der Waals surface area contributed by atoms with Crippen LogP contribution in [0.25, 0.3) is 0 Å². The number of likely N-dealkylation sites (tertiary alicyclic amines) is 1. The van der Waals surface area contributed by atoms with Crippen LogP contribution in [0, 0.1) is 0 Å². The van der Waals surface area contributed by atoms with Gasteiger partial charge in [-0.15, -0.1) is 0 Å². The van der Waals surface area contributed by atoms with Gasteiger partial charge < -0.3 is 19.3 Å². The third-order valence-electron chi connectivity index (χ3n) is 2.52. The Labute approximate surface area is 123 Å². The molecule has 0 aromatic carbocycles. The van der Waals surface area contributed by atoms with Crippen LogP contribution in [0.1, 0.15) is 19.8 Å². The molecule has 92 valence electrons. The minimum absolute atomic E-state index is 0. The summed E-state index contributed by atoms with van der Waals surface area (Å²) in [7, 11) is -2.30. The van der Waals surface area contributed by atoms with E-state index in [9.17, 15) is 19.0 Å². The maximum atomic E-state index is 11.7. The smallest absolute Gasteiger partial charge is 0.797 e. The molecule has 1 unspecified atom stereocenters. The van der Waals surface area contributed by atoms with E-state index in [1.807, 2.05) is 0 Å². The van der Waals surface area contributed by atoms with Crippen molar-refractivity contribution in [2.24, 2.45) is 0 Å². The molecule has 0 spiro atoms. The second-order valence-electron chi connectivity index (χ2n) is 4.08. The fraction of sp³-hybridized carbons (Fsp3) is 0.778. The van der Waals surface area contributed by atoms with E-state index in [2.05, 4.69) is 0 Å². The molecule has 0 aromatic rings. The average molecular weight is 270 g/mol. The van der Waals surface area contributed by atoms with Crippen molar-refractivity contribution < 1.29 is 48.6 Å². The SMILES string of the molecule is CC(=O)N(C)CP(=O)([O-])CN1CCCC1=O.[Na+]. The van der Waals surface area contributed by atoms with Crippen molar-refractivity contribution in [3.63, 3.8) is 0 Å². The summed E-state index contributed by atoms with van der Waals surface area (Å²) in [6, 6.07) is 0. The van der Waals surface area contributed by atoms with Gasteiger partial charge in [0.25, 0.3) is 0 Å². The Kier molecular flexibility index (Phi) is 6.95. The normalized spacial score (nSPS) is 18.5. The maximum absolute atomic E-state index is 11.7. The second-order valence-corrected chi connectivity index (χ2v) is 6.27. The summed E-state index contributed by atoms with van der Waals surface area (Å²) in [6.07, 6.45) is 0.555. The summed E-state index contributed by atoms with van der Waals surface area (Å²) < 4.78 is 11.7. The zero-order chi connectivity index (χ0) is 12.3. The van der Waals surface area contributed by atoms with Gasteiger partial charge in [0.05, 0.1) is 19.9 Å². The van der Waals surface area contributed by atoms with E-state index in [1.165, 1.54) is 18.9 Å². The van der Waals surface area contributed by atoms with E-state index in [0.29, 0.717) is 19.4 Å². The maximum Gasteiger partial charge on any atom is 1.00 e. The second kappa shape index (κ2) is 6.90. The molecule has 1 heterocycles. The Balaban J connectivity index is 0.00000256. The first-order valence-corrected chi connectivity index (χ1v) is 7.10. The molecule has 1 saturated heterocycles. The predicted octanol–water partition coefficient (Wildman–Crippen LogP) is -3.36. The van der Waals surface area contributed by atoms with Gasteiger partial charge in [0.2, 0.25) is 11.8 Å². The number of carbonyl (C=O) groups excluding carboxylic acids is 2. The van der Waals surface area contributed by atoms with Crippen LogP contribution in [0.4, 0.5) is 0 Å². The molecule has 0 bridgehead atoms. The monoisotopic (exact) mass is 270 g/mol. The summed E-state index contributed by atoms with van der Waals surface area (Å²) in [4.78, 5) is 36.3. The molecular weight excluding hydrogens is 254 g/mol. The topological polar surface area (TPSA) is 80.8 Å². The number of hydrogen-bond acceptors (Lipinski definition) is 4. The van der Waals surface area contributed by atoms with Crippen LogP contribution < -0.4 is 34.5 Å². The van der Waals surface area contributed by atoms with Crippen LogP contribution in [0.15, 0.2) is 0 Å². The summed E-state index contributed by atoms with van der Waals surface area (Å²) >= 11 is 0. The first kappa shape index (κ1) is 17.1. The summed E-state index contributed by atoms with van der Waals surface area (Å²) in [5.41, 5.74) is 0. The number of amides is 2. The molecule has 0 aliphatic carbocycles. The first-order valence-electron chi connectivity index (χ1n) is 5.10. The van der Waals surface area contributed by atoms with Crippen molar-refractivity contribution in [1.29, 1.82) is 0 Å². The molecule has 17 heavy (non-hydrogen) atoms. The van der Waals surface area contributed by atoms with Gasteiger partial charge in [-0.1, -0.05) is 0 Å². The minimum atomic E-state index is -3.73. The van der Waals surface area contributed by atoms with Gasteiger partial charge in [-0.05, 0) is 6.42 Å². The Morgan fingerprint density at radius 2 is 2.18 bits per heavy atom. The third-order valence-corrected chi connectivity index (χ3v) is 4.15. The van der Waals surface area contributed by atoms with Crippen molar-refractivity contribution in [2.75, 3.05) is 26.2 Å². The molecule has 1 aliphatic rings. The number of rotatable bonds is 4. The van der Waals surface area contributed by atoms with Crippen LogP contribution in [-0.4, -0.2) is 47.8 Å². The van der Waals surface area contributed by atoms with Gasteiger partial charge in [-0.25, -0.2) is 0 Å². The van der Waals surface area contributed by atoms with E-state index in [1.54, 1.807) is 0 Å². The van der Waals surface area contributed by atoms with Crippen LogP contribution in [0.2, 0.25) is 0 Å². The quantitative estimate of drug-likeness (QED) is 0.395. The largest absolute Gasteiger partial charge is 1.00 e. The Morgan fingerprint density at radius 3 is 2.59 bits per heavy atom. The molecule has 1 aliphatic heterocycles. The van der Waals surface area contributed by atoms with Gasteiger partial charge in [-0.3, -0.25) is 9.59 Å². The fourth-order valence-electron chi connectivity index (χ4n) is 1.58. The van der Waals surface area contributed by atoms with Gasteiger partial charge >= 0.3 is 29.6 Å². The van der Waals surface area contributed by atoms with Gasteiger partial charge in [0, 0.05) is 26.9 Å². The van der Waals surface area contributed by atoms with Crippen molar-refractivity contribution in [1.82, 2.24) is 9.80 Å². The zero-order valence-corrected chi connectivity index (χ0v) is 13.4. The van der Waals surface area contributed by atoms with Crippen molar-refractivity contribution in [2.45, 2.75) is 19.8 Å². The molecule has 1 fully saturated rings. The molecule has 0 N–H and O–H groups in total. The Hall–Kier alpha value is 0.130. The molecule has 1 rings (SSSR count). The van der Waals surface area contributed by atoms with Gasteiger partial charge in [0.15, 0.2) is 0 Å². The van der Waals surface area contributed by atoms with Gasteiger partial charge in [-0.2, -0.15) is 0 Å². The fourth-order valence-corrected chi connectivity index (χ4v) is 3.34. The Morgan fingerprint density at radius 1 is 1.59 bits per heavy atom. The average Bonchev–Trinajstić information content (AvgIpc) is 2.50. The van der Waals surface area contributed by atoms with Crippen LogP contribution in [0.5, 0.6) is 0 Å². The summed E-state index contributed by atoms with van der Waals surface area (Å²) in [5.74, 6) is -0.426. The molecule has 0 saturated carbocycles. The molecule has 6 nitrogen and oxygen atoms in total. The van der Waals surface area contributed by atoms with Crippen molar-refractivity contribution >= 4 is 19.2 Å². The predicted molar refractivity (Wildman–Crippen MR) is 56.7 cm³/mol. The number of carbonyl (C=O) groups is 2. The van der Waals surface area contributed by atoms with Crippen molar-refractivity contribution in [3.05, 3.63) is 0 Å². The molecule has 0 aromatic heterocycles. The van der Waals surface area contributed by atoms with E-state index in [-0.39, 0.29) is 53.9 Å². The standard InChI is InChI=1S/C9H17N2O4P.Na/c1-8(12)10(2)6-16(14,15)7-11-5-3-4-9(11)13;/h3-7H2,1-2H3,(H,14,15);/q;+1/p-1. The molecule has 0 radical (unpaired) electrons. The zero-order valence-electron chi connectivity index (χ0n) is 10.5. The molecular formula is C9H16N2NaO4P. The Bertz CT molecular complexity index is 350. The van der Waals surface area contributed by atoms with E-state index < -0.39 is 7.37 Å². The van der Waals surface area contributed by atoms with Gasteiger partial charge in [0.1, 0.15) is 0 Å². The molecule has 1 atom stereocenters.